The molecule has 158 valence electrons. The quantitative estimate of drug-likeness (QED) is 0.472. The van der Waals surface area contributed by atoms with Gasteiger partial charge in [-0.25, -0.2) is 4.98 Å². The van der Waals surface area contributed by atoms with Crippen molar-refractivity contribution in [2.75, 3.05) is 19.4 Å². The molecule has 2 amide bonds. The Morgan fingerprint density at radius 3 is 2.55 bits per heavy atom. The SMILES string of the molecule is Cc1nn(C)c2nc(-c3ccco3)cc(C(=O)Nc3ccc(SC(=O)N(C)C)cc3)c12. The molecule has 0 bridgehead atoms. The van der Waals surface area contributed by atoms with Crippen LogP contribution < -0.4 is 5.32 Å². The fourth-order valence-corrected chi connectivity index (χ4v) is 3.83. The Labute approximate surface area is 183 Å². The second-order valence-corrected chi connectivity index (χ2v) is 8.21. The standard InChI is InChI=1S/C22H21N5O3S/c1-13-19-16(12-17(18-6-5-11-30-18)24-20(19)27(4)25-13)21(28)23-14-7-9-15(10-8-14)31-22(29)26(2)3/h5-12H,1-4H3,(H,23,28). The van der Waals surface area contributed by atoms with Crippen LogP contribution >= 0.6 is 11.8 Å². The number of hydrogen-bond acceptors (Lipinski definition) is 6. The van der Waals surface area contributed by atoms with Crippen LogP contribution in [0, 0.1) is 6.92 Å². The molecule has 0 radical (unpaired) electrons. The number of pyridine rings is 1. The van der Waals surface area contributed by atoms with E-state index in [1.165, 1.54) is 4.90 Å². The molecule has 31 heavy (non-hydrogen) atoms. The van der Waals surface area contributed by atoms with Crippen molar-refractivity contribution in [3.8, 4) is 11.5 Å². The summed E-state index contributed by atoms with van der Waals surface area (Å²) >= 11 is 1.13. The Morgan fingerprint density at radius 2 is 1.90 bits per heavy atom. The lowest BCUT2D eigenvalue weighted by atomic mass is 10.1. The number of amides is 2. The van der Waals surface area contributed by atoms with E-state index in [-0.39, 0.29) is 11.1 Å². The van der Waals surface area contributed by atoms with E-state index in [2.05, 4.69) is 15.4 Å². The van der Waals surface area contributed by atoms with E-state index in [0.29, 0.717) is 33.7 Å². The Balaban J connectivity index is 1.65. The first kappa shape index (κ1) is 20.7. The first-order valence-electron chi connectivity index (χ1n) is 9.52. The van der Waals surface area contributed by atoms with Gasteiger partial charge in [-0.3, -0.25) is 14.3 Å². The van der Waals surface area contributed by atoms with Gasteiger partial charge in [0.25, 0.3) is 11.1 Å². The summed E-state index contributed by atoms with van der Waals surface area (Å²) in [6.45, 7) is 1.85. The number of aromatic nitrogens is 3. The molecule has 0 aliphatic rings. The fraction of sp³-hybridized carbons (Fsp3) is 0.182. The highest BCUT2D eigenvalue weighted by Gasteiger charge is 2.20. The third kappa shape index (κ3) is 4.17. The van der Waals surface area contributed by atoms with E-state index < -0.39 is 0 Å². The lowest BCUT2D eigenvalue weighted by Crippen LogP contribution is -2.16. The molecule has 3 aromatic heterocycles. The third-order valence-corrected chi connectivity index (χ3v) is 5.72. The van der Waals surface area contributed by atoms with E-state index in [4.69, 9.17) is 4.42 Å². The van der Waals surface area contributed by atoms with Crippen molar-refractivity contribution >= 4 is 39.6 Å². The number of furan rings is 1. The van der Waals surface area contributed by atoms with Gasteiger partial charge in [0, 0.05) is 31.7 Å². The highest BCUT2D eigenvalue weighted by atomic mass is 32.2. The molecular formula is C22H21N5O3S. The third-order valence-electron chi connectivity index (χ3n) is 4.67. The molecule has 0 atom stereocenters. The van der Waals surface area contributed by atoms with Gasteiger partial charge in [0.05, 0.1) is 22.9 Å². The predicted octanol–water partition coefficient (Wildman–Crippen LogP) is 4.56. The average Bonchev–Trinajstić information content (AvgIpc) is 3.37. The van der Waals surface area contributed by atoms with Crippen molar-refractivity contribution < 1.29 is 14.0 Å². The maximum Gasteiger partial charge on any atom is 0.285 e. The molecule has 3 heterocycles. The summed E-state index contributed by atoms with van der Waals surface area (Å²) < 4.78 is 7.13. The van der Waals surface area contributed by atoms with Crippen molar-refractivity contribution in [1.29, 1.82) is 0 Å². The minimum Gasteiger partial charge on any atom is -0.463 e. The number of hydrogen-bond donors (Lipinski definition) is 1. The smallest absolute Gasteiger partial charge is 0.285 e. The molecule has 0 unspecified atom stereocenters. The summed E-state index contributed by atoms with van der Waals surface area (Å²) in [4.78, 5) is 32.0. The molecule has 9 heteroatoms. The molecule has 1 N–H and O–H groups in total. The van der Waals surface area contributed by atoms with Gasteiger partial charge in [0.15, 0.2) is 11.4 Å². The van der Waals surface area contributed by atoms with E-state index in [1.54, 1.807) is 74.6 Å². The van der Waals surface area contributed by atoms with Crippen molar-refractivity contribution in [1.82, 2.24) is 19.7 Å². The number of fused-ring (bicyclic) bond motifs is 1. The summed E-state index contributed by atoms with van der Waals surface area (Å²) in [6, 6.07) is 12.4. The van der Waals surface area contributed by atoms with Gasteiger partial charge in [0.2, 0.25) is 0 Å². The van der Waals surface area contributed by atoms with Crippen molar-refractivity contribution in [3.63, 3.8) is 0 Å². The zero-order valence-electron chi connectivity index (χ0n) is 17.5. The van der Waals surface area contributed by atoms with E-state index in [9.17, 15) is 9.59 Å². The van der Waals surface area contributed by atoms with Crippen LogP contribution in [0.4, 0.5) is 10.5 Å². The Morgan fingerprint density at radius 1 is 1.16 bits per heavy atom. The van der Waals surface area contributed by atoms with Crippen LogP contribution in [0.15, 0.2) is 58.0 Å². The number of carbonyl (C=O) groups is 2. The summed E-state index contributed by atoms with van der Waals surface area (Å²) in [5.74, 6) is 0.294. The van der Waals surface area contributed by atoms with Gasteiger partial charge >= 0.3 is 0 Å². The second-order valence-electron chi connectivity index (χ2n) is 7.18. The lowest BCUT2D eigenvalue weighted by molar-refractivity contribution is 0.102. The number of nitrogens with zero attached hydrogens (tertiary/aromatic N) is 4. The Bertz CT molecular complexity index is 1260. The van der Waals surface area contributed by atoms with Gasteiger partial charge in [-0.15, -0.1) is 0 Å². The molecule has 8 nitrogen and oxygen atoms in total. The van der Waals surface area contributed by atoms with Crippen molar-refractivity contribution in [2.24, 2.45) is 7.05 Å². The molecule has 0 aliphatic carbocycles. The summed E-state index contributed by atoms with van der Waals surface area (Å²) in [5, 5.41) is 7.98. The predicted molar refractivity (Wildman–Crippen MR) is 120 cm³/mol. The van der Waals surface area contributed by atoms with Crippen LogP contribution in [-0.4, -0.2) is 44.9 Å². The molecule has 0 saturated heterocycles. The number of carbonyl (C=O) groups excluding carboxylic acids is 2. The highest BCUT2D eigenvalue weighted by molar-refractivity contribution is 8.13. The zero-order valence-corrected chi connectivity index (χ0v) is 18.4. The van der Waals surface area contributed by atoms with Crippen LogP contribution in [0.2, 0.25) is 0 Å². The fourth-order valence-electron chi connectivity index (χ4n) is 3.17. The minimum absolute atomic E-state index is 0.0616. The molecule has 4 rings (SSSR count). The largest absolute Gasteiger partial charge is 0.463 e. The molecule has 4 aromatic rings. The highest BCUT2D eigenvalue weighted by Crippen LogP contribution is 2.28. The van der Waals surface area contributed by atoms with Crippen LogP contribution in [-0.2, 0) is 7.05 Å². The van der Waals surface area contributed by atoms with Crippen molar-refractivity contribution in [3.05, 3.63) is 60.0 Å². The van der Waals surface area contributed by atoms with Crippen LogP contribution in [0.3, 0.4) is 0 Å². The maximum atomic E-state index is 13.2. The molecular weight excluding hydrogens is 414 g/mol. The lowest BCUT2D eigenvalue weighted by Gasteiger charge is -2.10. The maximum absolute atomic E-state index is 13.2. The van der Waals surface area contributed by atoms with Gasteiger partial charge < -0.3 is 14.6 Å². The van der Waals surface area contributed by atoms with Crippen LogP contribution in [0.1, 0.15) is 16.1 Å². The van der Waals surface area contributed by atoms with Gasteiger partial charge in [-0.05, 0) is 61.2 Å². The normalized spacial score (nSPS) is 11.0. The summed E-state index contributed by atoms with van der Waals surface area (Å²) in [6.07, 6.45) is 1.57. The summed E-state index contributed by atoms with van der Waals surface area (Å²) in [5.41, 5.74) is 2.96. The van der Waals surface area contributed by atoms with Gasteiger partial charge in [0.1, 0.15) is 5.69 Å². The van der Waals surface area contributed by atoms with Crippen LogP contribution in [0.25, 0.3) is 22.5 Å². The van der Waals surface area contributed by atoms with E-state index in [1.807, 2.05) is 6.92 Å². The molecule has 0 aliphatic heterocycles. The number of rotatable bonds is 4. The van der Waals surface area contributed by atoms with E-state index in [0.717, 1.165) is 22.4 Å². The van der Waals surface area contributed by atoms with Crippen molar-refractivity contribution in [2.45, 2.75) is 11.8 Å². The molecule has 0 saturated carbocycles. The number of nitrogens with one attached hydrogen (secondary N) is 1. The number of anilines is 1. The molecule has 0 fully saturated rings. The first-order valence-corrected chi connectivity index (χ1v) is 10.3. The first-order chi connectivity index (χ1) is 14.8. The number of benzene rings is 1. The van der Waals surface area contributed by atoms with Gasteiger partial charge in [-0.1, -0.05) is 0 Å². The average molecular weight is 436 g/mol. The molecule has 0 spiro atoms. The molecule has 1 aromatic carbocycles. The minimum atomic E-state index is -0.277. The van der Waals surface area contributed by atoms with Gasteiger partial charge in [-0.2, -0.15) is 5.10 Å². The Hall–Kier alpha value is -3.59. The number of aryl methyl sites for hydroxylation is 2. The van der Waals surface area contributed by atoms with Crippen LogP contribution in [0.5, 0.6) is 0 Å². The topological polar surface area (TPSA) is 93.3 Å². The monoisotopic (exact) mass is 435 g/mol. The number of thioether (sulfide) groups is 1. The van der Waals surface area contributed by atoms with E-state index >= 15 is 0 Å². The summed E-state index contributed by atoms with van der Waals surface area (Å²) in [7, 11) is 5.20. The Kier molecular flexibility index (Phi) is 5.51. The second kappa shape index (κ2) is 8.27. The zero-order chi connectivity index (χ0) is 22.1.